The summed E-state index contributed by atoms with van der Waals surface area (Å²) < 4.78 is 4.98. The second kappa shape index (κ2) is 8.81. The van der Waals surface area contributed by atoms with Crippen LogP contribution in [0.1, 0.15) is 52.0 Å². The molecule has 1 aliphatic rings. The quantitative estimate of drug-likeness (QED) is 0.619. The molecule has 0 unspecified atom stereocenters. The van der Waals surface area contributed by atoms with Crippen molar-refractivity contribution in [2.45, 2.75) is 38.5 Å². The third kappa shape index (κ3) is 4.41. The van der Waals surface area contributed by atoms with Gasteiger partial charge in [-0.05, 0) is 42.9 Å². The molecule has 0 saturated carbocycles. The smallest absolute Gasteiger partial charge is 0.341 e. The van der Waals surface area contributed by atoms with E-state index < -0.39 is 0 Å². The minimum absolute atomic E-state index is 0.242. The Bertz CT molecular complexity index is 808. The maximum absolute atomic E-state index is 12.4. The highest BCUT2D eigenvalue weighted by Crippen LogP contribution is 2.37. The van der Waals surface area contributed by atoms with Gasteiger partial charge in [-0.2, -0.15) is 0 Å². The summed E-state index contributed by atoms with van der Waals surface area (Å²) in [6.07, 6.45) is 9.66. The van der Waals surface area contributed by atoms with Crippen LogP contribution < -0.4 is 5.32 Å². The maximum atomic E-state index is 12.4. The Morgan fingerprint density at radius 1 is 1.08 bits per heavy atom. The summed E-state index contributed by atoms with van der Waals surface area (Å²) in [5.74, 6) is -0.612. The minimum Gasteiger partial charge on any atom is -0.465 e. The zero-order valence-electron chi connectivity index (χ0n) is 14.9. The van der Waals surface area contributed by atoms with Crippen molar-refractivity contribution in [3.63, 3.8) is 0 Å². The monoisotopic (exact) mass is 369 g/mol. The second-order valence-corrected chi connectivity index (χ2v) is 7.45. The number of benzene rings is 1. The zero-order valence-corrected chi connectivity index (χ0v) is 15.7. The summed E-state index contributed by atoms with van der Waals surface area (Å²) in [4.78, 5) is 25.9. The summed E-state index contributed by atoms with van der Waals surface area (Å²) in [6.45, 7) is 0. The minimum atomic E-state index is -0.370. The fraction of sp³-hybridized carbons (Fsp3) is 0.333. The molecule has 0 atom stereocenters. The van der Waals surface area contributed by atoms with Gasteiger partial charge in [0.1, 0.15) is 5.00 Å². The van der Waals surface area contributed by atoms with E-state index >= 15 is 0 Å². The molecule has 0 spiro atoms. The van der Waals surface area contributed by atoms with Crippen LogP contribution in [0.25, 0.3) is 6.08 Å². The number of thiophene rings is 1. The number of aryl methyl sites for hydroxylation is 1. The Hall–Kier alpha value is -2.40. The molecule has 1 amide bonds. The Balaban J connectivity index is 1.84. The van der Waals surface area contributed by atoms with Crippen molar-refractivity contribution in [3.8, 4) is 0 Å². The van der Waals surface area contributed by atoms with E-state index in [9.17, 15) is 9.59 Å². The number of hydrogen-bond donors (Lipinski definition) is 1. The van der Waals surface area contributed by atoms with Crippen molar-refractivity contribution < 1.29 is 14.3 Å². The van der Waals surface area contributed by atoms with E-state index in [2.05, 4.69) is 5.32 Å². The molecule has 3 rings (SSSR count). The molecule has 1 aliphatic carbocycles. The number of amides is 1. The fourth-order valence-corrected chi connectivity index (χ4v) is 4.50. The van der Waals surface area contributed by atoms with E-state index in [1.165, 1.54) is 42.2 Å². The highest BCUT2D eigenvalue weighted by atomic mass is 32.1. The Labute approximate surface area is 157 Å². The molecule has 5 heteroatoms. The van der Waals surface area contributed by atoms with E-state index in [-0.39, 0.29) is 11.9 Å². The first-order valence-corrected chi connectivity index (χ1v) is 9.77. The van der Waals surface area contributed by atoms with Crippen LogP contribution in [0.15, 0.2) is 36.4 Å². The van der Waals surface area contributed by atoms with Crippen LogP contribution in [0.3, 0.4) is 0 Å². The standard InChI is InChI=1S/C21H23NO3S/c1-25-21(24)19-16-11-7-2-3-8-12-17(16)26-20(19)22-18(23)14-13-15-9-5-4-6-10-15/h4-6,9-10,13-14H,2-3,7-8,11-12H2,1H3,(H,22,23)/b14-13+. The SMILES string of the molecule is COC(=O)c1c(NC(=O)/C=C/c2ccccc2)sc2c1CCCCCC2. The number of anilines is 1. The van der Waals surface area contributed by atoms with Crippen LogP contribution in [0.4, 0.5) is 5.00 Å². The number of methoxy groups -OCH3 is 1. The molecule has 0 radical (unpaired) electrons. The van der Waals surface area contributed by atoms with Gasteiger partial charge in [-0.25, -0.2) is 4.79 Å². The Kier molecular flexibility index (Phi) is 6.23. The Morgan fingerprint density at radius 2 is 1.81 bits per heavy atom. The number of fused-ring (bicyclic) bond motifs is 1. The third-order valence-corrected chi connectivity index (χ3v) is 5.73. The van der Waals surface area contributed by atoms with Gasteiger partial charge in [0.2, 0.25) is 5.91 Å². The van der Waals surface area contributed by atoms with Crippen LogP contribution in [0.2, 0.25) is 0 Å². The van der Waals surface area contributed by atoms with Crippen molar-refractivity contribution in [2.24, 2.45) is 0 Å². The number of carbonyl (C=O) groups is 2. The fourth-order valence-electron chi connectivity index (χ4n) is 3.22. The first kappa shape index (κ1) is 18.4. The third-order valence-electron chi connectivity index (χ3n) is 4.52. The molecule has 1 N–H and O–H groups in total. The molecular weight excluding hydrogens is 346 g/mol. The first-order valence-electron chi connectivity index (χ1n) is 8.96. The van der Waals surface area contributed by atoms with Crippen LogP contribution in [0.5, 0.6) is 0 Å². The number of hydrogen-bond acceptors (Lipinski definition) is 4. The van der Waals surface area contributed by atoms with E-state index in [4.69, 9.17) is 4.74 Å². The van der Waals surface area contributed by atoms with Crippen LogP contribution in [-0.4, -0.2) is 19.0 Å². The van der Waals surface area contributed by atoms with Gasteiger partial charge >= 0.3 is 5.97 Å². The molecule has 2 aromatic rings. The van der Waals surface area contributed by atoms with Crippen molar-refractivity contribution in [2.75, 3.05) is 12.4 Å². The molecule has 1 heterocycles. The predicted molar refractivity (Wildman–Crippen MR) is 106 cm³/mol. The lowest BCUT2D eigenvalue weighted by Crippen LogP contribution is -2.12. The van der Waals surface area contributed by atoms with Gasteiger partial charge in [0.15, 0.2) is 0 Å². The van der Waals surface area contributed by atoms with Gasteiger partial charge in [-0.15, -0.1) is 11.3 Å². The first-order chi connectivity index (χ1) is 12.7. The number of rotatable bonds is 4. The number of nitrogens with one attached hydrogen (secondary N) is 1. The highest BCUT2D eigenvalue weighted by Gasteiger charge is 2.25. The van der Waals surface area contributed by atoms with Gasteiger partial charge in [-0.1, -0.05) is 43.2 Å². The molecule has 136 valence electrons. The van der Waals surface area contributed by atoms with E-state index in [1.54, 1.807) is 6.08 Å². The Morgan fingerprint density at radius 3 is 2.54 bits per heavy atom. The molecule has 4 nitrogen and oxygen atoms in total. The van der Waals surface area contributed by atoms with Crippen LogP contribution in [0, 0.1) is 0 Å². The number of ether oxygens (including phenoxy) is 1. The molecule has 0 bridgehead atoms. The number of carbonyl (C=O) groups excluding carboxylic acids is 2. The van der Waals surface area contributed by atoms with Gasteiger partial charge in [0, 0.05) is 11.0 Å². The summed E-state index contributed by atoms with van der Waals surface area (Å²) in [6, 6.07) is 9.64. The van der Waals surface area contributed by atoms with Gasteiger partial charge in [0.05, 0.1) is 12.7 Å². The van der Waals surface area contributed by atoms with Crippen LogP contribution in [-0.2, 0) is 22.4 Å². The molecule has 0 saturated heterocycles. The predicted octanol–water partition coefficient (Wildman–Crippen LogP) is 4.85. The van der Waals surface area contributed by atoms with Crippen molar-refractivity contribution in [3.05, 3.63) is 58.0 Å². The van der Waals surface area contributed by atoms with E-state index in [1.807, 2.05) is 30.3 Å². The lowest BCUT2D eigenvalue weighted by atomic mass is 9.96. The summed E-state index contributed by atoms with van der Waals surface area (Å²) in [7, 11) is 1.39. The van der Waals surface area contributed by atoms with Gasteiger partial charge in [0.25, 0.3) is 0 Å². The zero-order chi connectivity index (χ0) is 18.4. The number of esters is 1. The van der Waals surface area contributed by atoms with Gasteiger partial charge in [-0.3, -0.25) is 4.79 Å². The largest absolute Gasteiger partial charge is 0.465 e. The summed E-state index contributed by atoms with van der Waals surface area (Å²) >= 11 is 1.51. The normalized spacial score (nSPS) is 14.3. The van der Waals surface area contributed by atoms with Gasteiger partial charge < -0.3 is 10.1 Å². The molecule has 0 aliphatic heterocycles. The molecule has 1 aromatic carbocycles. The summed E-state index contributed by atoms with van der Waals surface area (Å²) in [5, 5.41) is 3.49. The van der Waals surface area contributed by atoms with Crippen molar-refractivity contribution in [1.82, 2.24) is 0 Å². The van der Waals surface area contributed by atoms with Crippen molar-refractivity contribution in [1.29, 1.82) is 0 Å². The van der Waals surface area contributed by atoms with Crippen LogP contribution >= 0.6 is 11.3 Å². The average molecular weight is 369 g/mol. The molecule has 1 aromatic heterocycles. The average Bonchev–Trinajstić information content (AvgIpc) is 2.96. The van der Waals surface area contributed by atoms with E-state index in [0.717, 1.165) is 36.8 Å². The maximum Gasteiger partial charge on any atom is 0.341 e. The van der Waals surface area contributed by atoms with Crippen molar-refractivity contribution >= 4 is 34.3 Å². The topological polar surface area (TPSA) is 55.4 Å². The molecule has 26 heavy (non-hydrogen) atoms. The lowest BCUT2D eigenvalue weighted by Gasteiger charge is -2.10. The lowest BCUT2D eigenvalue weighted by molar-refractivity contribution is -0.111. The molecular formula is C21H23NO3S. The molecule has 0 fully saturated rings. The second-order valence-electron chi connectivity index (χ2n) is 6.35. The highest BCUT2D eigenvalue weighted by molar-refractivity contribution is 7.17. The van der Waals surface area contributed by atoms with E-state index in [0.29, 0.717) is 10.6 Å². The summed E-state index contributed by atoms with van der Waals surface area (Å²) in [5.41, 5.74) is 2.55.